The highest BCUT2D eigenvalue weighted by molar-refractivity contribution is 5.66. The van der Waals surface area contributed by atoms with Crippen LogP contribution in [-0.4, -0.2) is 25.9 Å². The molecule has 2 heterocycles. The summed E-state index contributed by atoms with van der Waals surface area (Å²) in [7, 11) is 1.82. The fourth-order valence-electron chi connectivity index (χ4n) is 1.42. The summed E-state index contributed by atoms with van der Waals surface area (Å²) >= 11 is 0. The molecule has 1 amide bonds. The van der Waals surface area contributed by atoms with Crippen LogP contribution in [0.5, 0.6) is 0 Å². The quantitative estimate of drug-likeness (QED) is 0.609. The maximum Gasteiger partial charge on any atom is 0.407 e. The first-order valence-corrected chi connectivity index (χ1v) is 3.66. The van der Waals surface area contributed by atoms with Crippen LogP contribution in [0.3, 0.4) is 0 Å². The summed E-state index contributed by atoms with van der Waals surface area (Å²) < 4.78 is 1.72. The Balaban J connectivity index is 2.28. The first-order valence-electron chi connectivity index (χ1n) is 3.66. The van der Waals surface area contributed by atoms with E-state index in [1.165, 1.54) is 4.90 Å². The number of fused-ring (bicyclic) bond motifs is 1. The zero-order valence-corrected chi connectivity index (χ0v) is 6.69. The second kappa shape index (κ2) is 2.23. The Hall–Kier alpha value is -1.52. The number of rotatable bonds is 0. The summed E-state index contributed by atoms with van der Waals surface area (Å²) in [6, 6.07) is 0. The summed E-state index contributed by atoms with van der Waals surface area (Å²) in [6.45, 7) is 0.930. The molecular weight excluding hydrogens is 158 g/mol. The lowest BCUT2D eigenvalue weighted by Gasteiger charge is -2.09. The maximum absolute atomic E-state index is 10.6. The topological polar surface area (TPSA) is 58.4 Å². The summed E-state index contributed by atoms with van der Waals surface area (Å²) in [5, 5.41) is 12.7. The Kier molecular flexibility index (Phi) is 1.33. The van der Waals surface area contributed by atoms with E-state index < -0.39 is 6.09 Å². The summed E-state index contributed by atoms with van der Waals surface area (Å²) in [5.41, 5.74) is 2.01. The lowest BCUT2D eigenvalue weighted by atomic mass is 10.3. The van der Waals surface area contributed by atoms with E-state index in [-0.39, 0.29) is 0 Å². The van der Waals surface area contributed by atoms with Gasteiger partial charge in [0.15, 0.2) is 0 Å². The van der Waals surface area contributed by atoms with Crippen molar-refractivity contribution in [1.29, 1.82) is 0 Å². The van der Waals surface area contributed by atoms with E-state index in [0.717, 1.165) is 11.3 Å². The van der Waals surface area contributed by atoms with Gasteiger partial charge in [-0.15, -0.1) is 0 Å². The van der Waals surface area contributed by atoms with Crippen LogP contribution >= 0.6 is 0 Å². The lowest BCUT2D eigenvalue weighted by molar-refractivity contribution is 0.144. The van der Waals surface area contributed by atoms with Gasteiger partial charge in [0.2, 0.25) is 0 Å². The number of carbonyl (C=O) groups is 1. The minimum atomic E-state index is -0.869. The van der Waals surface area contributed by atoms with Crippen molar-refractivity contribution >= 4 is 6.09 Å². The summed E-state index contributed by atoms with van der Waals surface area (Å²) in [4.78, 5) is 11.9. The van der Waals surface area contributed by atoms with Gasteiger partial charge in [0.1, 0.15) is 0 Å². The van der Waals surface area contributed by atoms with Gasteiger partial charge in [0, 0.05) is 12.6 Å². The van der Waals surface area contributed by atoms with Gasteiger partial charge in [0.25, 0.3) is 0 Å². The van der Waals surface area contributed by atoms with Crippen LogP contribution in [0.4, 0.5) is 4.79 Å². The van der Waals surface area contributed by atoms with Crippen LogP contribution in [0.25, 0.3) is 0 Å². The molecule has 0 fully saturated rings. The number of hydrogen-bond donors (Lipinski definition) is 1. The van der Waals surface area contributed by atoms with Crippen molar-refractivity contribution in [3.8, 4) is 0 Å². The molecular formula is C7H9N3O2. The molecule has 5 heteroatoms. The fourth-order valence-corrected chi connectivity index (χ4v) is 1.42. The summed E-state index contributed by atoms with van der Waals surface area (Å²) in [6.07, 6.45) is 0.851. The van der Waals surface area contributed by atoms with Crippen molar-refractivity contribution in [2.45, 2.75) is 13.1 Å². The van der Waals surface area contributed by atoms with E-state index in [9.17, 15) is 4.79 Å². The van der Waals surface area contributed by atoms with Crippen LogP contribution in [0.2, 0.25) is 0 Å². The third kappa shape index (κ3) is 0.861. The van der Waals surface area contributed by atoms with Gasteiger partial charge in [-0.2, -0.15) is 5.10 Å². The number of aryl methyl sites for hydroxylation is 1. The van der Waals surface area contributed by atoms with E-state index >= 15 is 0 Å². The van der Waals surface area contributed by atoms with E-state index in [2.05, 4.69) is 5.10 Å². The second-order valence-corrected chi connectivity index (χ2v) is 2.88. The van der Waals surface area contributed by atoms with Crippen molar-refractivity contribution < 1.29 is 9.90 Å². The van der Waals surface area contributed by atoms with Gasteiger partial charge < -0.3 is 5.11 Å². The zero-order valence-electron chi connectivity index (χ0n) is 6.69. The molecule has 0 atom stereocenters. The van der Waals surface area contributed by atoms with Crippen molar-refractivity contribution in [3.63, 3.8) is 0 Å². The molecule has 0 aromatic carbocycles. The van der Waals surface area contributed by atoms with Crippen LogP contribution < -0.4 is 0 Å². The first kappa shape index (κ1) is 7.15. The average Bonchev–Trinajstić information content (AvgIpc) is 2.53. The Morgan fingerprint density at radius 3 is 3.00 bits per heavy atom. The molecule has 2 rings (SSSR count). The minimum absolute atomic E-state index is 0.459. The van der Waals surface area contributed by atoms with Gasteiger partial charge in [-0.1, -0.05) is 0 Å². The van der Waals surface area contributed by atoms with Crippen LogP contribution in [0, 0.1) is 0 Å². The third-order valence-corrected chi connectivity index (χ3v) is 2.12. The molecule has 0 bridgehead atoms. The highest BCUT2D eigenvalue weighted by Crippen LogP contribution is 2.21. The molecule has 1 aliphatic rings. The Labute approximate surface area is 69.2 Å². The minimum Gasteiger partial charge on any atom is -0.465 e. The number of aromatic nitrogens is 2. The SMILES string of the molecule is Cn1ncc2c1CN(C(=O)O)C2. The van der Waals surface area contributed by atoms with Crippen molar-refractivity contribution in [3.05, 3.63) is 17.5 Å². The molecule has 0 saturated carbocycles. The third-order valence-electron chi connectivity index (χ3n) is 2.12. The molecule has 1 aromatic rings. The fraction of sp³-hybridized carbons (Fsp3) is 0.429. The van der Waals surface area contributed by atoms with E-state index in [0.29, 0.717) is 13.1 Å². The molecule has 5 nitrogen and oxygen atoms in total. The molecule has 12 heavy (non-hydrogen) atoms. The van der Waals surface area contributed by atoms with Gasteiger partial charge in [-0.05, 0) is 0 Å². The van der Waals surface area contributed by atoms with Gasteiger partial charge in [0.05, 0.1) is 25.0 Å². The van der Waals surface area contributed by atoms with Crippen LogP contribution in [0.15, 0.2) is 6.20 Å². The van der Waals surface area contributed by atoms with Crippen molar-refractivity contribution in [2.24, 2.45) is 7.05 Å². The van der Waals surface area contributed by atoms with Gasteiger partial charge >= 0.3 is 6.09 Å². The molecule has 0 aliphatic carbocycles. The molecule has 1 aromatic heterocycles. The van der Waals surface area contributed by atoms with Gasteiger partial charge in [-0.3, -0.25) is 9.58 Å². The average molecular weight is 167 g/mol. The van der Waals surface area contributed by atoms with Gasteiger partial charge in [-0.25, -0.2) is 4.79 Å². The monoisotopic (exact) mass is 167 g/mol. The molecule has 0 spiro atoms. The number of hydrogen-bond acceptors (Lipinski definition) is 2. The highest BCUT2D eigenvalue weighted by Gasteiger charge is 2.25. The molecule has 1 aliphatic heterocycles. The second-order valence-electron chi connectivity index (χ2n) is 2.88. The normalized spacial score (nSPS) is 14.9. The van der Waals surface area contributed by atoms with Crippen molar-refractivity contribution in [2.75, 3.05) is 0 Å². The summed E-state index contributed by atoms with van der Waals surface area (Å²) in [5.74, 6) is 0. The maximum atomic E-state index is 10.6. The first-order chi connectivity index (χ1) is 5.68. The van der Waals surface area contributed by atoms with Crippen LogP contribution in [-0.2, 0) is 20.1 Å². The lowest BCUT2D eigenvalue weighted by Crippen LogP contribution is -2.23. The molecule has 0 saturated heterocycles. The Morgan fingerprint density at radius 1 is 1.67 bits per heavy atom. The Bertz CT molecular complexity index is 331. The zero-order chi connectivity index (χ0) is 8.72. The van der Waals surface area contributed by atoms with Crippen molar-refractivity contribution in [1.82, 2.24) is 14.7 Å². The van der Waals surface area contributed by atoms with E-state index in [1.807, 2.05) is 7.05 Å². The standard InChI is InChI=1S/C7H9N3O2/c1-9-6-4-10(7(11)12)3-5(6)2-8-9/h2H,3-4H2,1H3,(H,11,12). The smallest absolute Gasteiger partial charge is 0.407 e. The molecule has 64 valence electrons. The predicted octanol–water partition coefficient (Wildman–Crippen LogP) is 0.414. The Morgan fingerprint density at radius 2 is 2.42 bits per heavy atom. The number of amides is 1. The van der Waals surface area contributed by atoms with E-state index in [4.69, 9.17) is 5.11 Å². The predicted molar refractivity (Wildman–Crippen MR) is 40.5 cm³/mol. The molecule has 1 N–H and O–H groups in total. The highest BCUT2D eigenvalue weighted by atomic mass is 16.4. The molecule has 0 radical (unpaired) electrons. The van der Waals surface area contributed by atoms with Crippen LogP contribution in [0.1, 0.15) is 11.3 Å². The number of carboxylic acid groups (broad SMARTS) is 1. The number of nitrogens with zero attached hydrogens (tertiary/aromatic N) is 3. The largest absolute Gasteiger partial charge is 0.465 e. The van der Waals surface area contributed by atoms with E-state index in [1.54, 1.807) is 10.9 Å². The molecule has 0 unspecified atom stereocenters.